The molecule has 1 unspecified atom stereocenters. The van der Waals surface area contributed by atoms with Crippen molar-refractivity contribution >= 4 is 12.6 Å². The van der Waals surface area contributed by atoms with Gasteiger partial charge in [0.1, 0.15) is 0 Å². The number of hydrogen-bond donors (Lipinski definition) is 1. The molecule has 0 saturated heterocycles. The standard InChI is InChI=1S/C6H10S/c1-2-6(7)5-3-4-5/h2,5-7H,1,3-4H2. The summed E-state index contributed by atoms with van der Waals surface area (Å²) in [6.45, 7) is 3.65. The summed E-state index contributed by atoms with van der Waals surface area (Å²) in [5.74, 6) is 0.862. The van der Waals surface area contributed by atoms with E-state index in [4.69, 9.17) is 0 Å². The first-order chi connectivity index (χ1) is 3.34. The van der Waals surface area contributed by atoms with E-state index < -0.39 is 0 Å². The van der Waals surface area contributed by atoms with E-state index in [1.807, 2.05) is 6.08 Å². The maximum atomic E-state index is 4.27. The van der Waals surface area contributed by atoms with Crippen LogP contribution in [0.3, 0.4) is 0 Å². The van der Waals surface area contributed by atoms with Crippen molar-refractivity contribution in [3.05, 3.63) is 12.7 Å². The van der Waals surface area contributed by atoms with Crippen LogP contribution in [0.15, 0.2) is 12.7 Å². The predicted octanol–water partition coefficient (Wildman–Crippen LogP) is 1.88. The Bertz CT molecular complexity index is 74.2. The first-order valence-corrected chi connectivity index (χ1v) is 3.17. The van der Waals surface area contributed by atoms with Gasteiger partial charge in [-0.1, -0.05) is 6.08 Å². The smallest absolute Gasteiger partial charge is 0.0222 e. The highest BCUT2D eigenvalue weighted by molar-refractivity contribution is 7.81. The second-order valence-electron chi connectivity index (χ2n) is 2.06. The normalized spacial score (nSPS) is 24.1. The van der Waals surface area contributed by atoms with Crippen LogP contribution in [-0.2, 0) is 0 Å². The molecule has 0 aromatic heterocycles. The molecule has 0 heterocycles. The van der Waals surface area contributed by atoms with Gasteiger partial charge in [0.05, 0.1) is 0 Å². The van der Waals surface area contributed by atoms with Crippen LogP contribution in [0.4, 0.5) is 0 Å². The SMILES string of the molecule is C=CC(S)C1CC1. The summed E-state index contributed by atoms with van der Waals surface area (Å²) in [6.07, 6.45) is 4.64. The molecular formula is C6H10S. The fourth-order valence-corrected chi connectivity index (χ4v) is 0.928. The third kappa shape index (κ3) is 1.23. The first-order valence-electron chi connectivity index (χ1n) is 2.65. The van der Waals surface area contributed by atoms with Gasteiger partial charge < -0.3 is 0 Å². The zero-order chi connectivity index (χ0) is 5.28. The van der Waals surface area contributed by atoms with Crippen molar-refractivity contribution in [2.45, 2.75) is 18.1 Å². The zero-order valence-corrected chi connectivity index (χ0v) is 5.20. The number of rotatable bonds is 2. The van der Waals surface area contributed by atoms with Gasteiger partial charge in [0.25, 0.3) is 0 Å². The van der Waals surface area contributed by atoms with Crippen LogP contribution in [0.5, 0.6) is 0 Å². The molecule has 0 aliphatic heterocycles. The molecule has 0 amide bonds. The summed E-state index contributed by atoms with van der Waals surface area (Å²) < 4.78 is 0. The molecule has 0 nitrogen and oxygen atoms in total. The zero-order valence-electron chi connectivity index (χ0n) is 4.30. The predicted molar refractivity (Wildman–Crippen MR) is 35.7 cm³/mol. The average molecular weight is 114 g/mol. The van der Waals surface area contributed by atoms with Crippen molar-refractivity contribution in [1.82, 2.24) is 0 Å². The van der Waals surface area contributed by atoms with E-state index in [2.05, 4.69) is 19.2 Å². The van der Waals surface area contributed by atoms with Crippen LogP contribution in [0, 0.1) is 5.92 Å². The Balaban J connectivity index is 2.22. The van der Waals surface area contributed by atoms with Gasteiger partial charge in [-0.3, -0.25) is 0 Å². The van der Waals surface area contributed by atoms with Crippen LogP contribution in [0.2, 0.25) is 0 Å². The van der Waals surface area contributed by atoms with Gasteiger partial charge in [-0.25, -0.2) is 0 Å². The molecule has 1 aliphatic rings. The molecule has 0 aromatic carbocycles. The lowest BCUT2D eigenvalue weighted by Crippen LogP contribution is -1.92. The Morgan fingerprint density at radius 3 is 2.43 bits per heavy atom. The van der Waals surface area contributed by atoms with Gasteiger partial charge >= 0.3 is 0 Å². The summed E-state index contributed by atoms with van der Waals surface area (Å²) >= 11 is 4.27. The molecule has 1 saturated carbocycles. The Morgan fingerprint density at radius 2 is 2.29 bits per heavy atom. The van der Waals surface area contributed by atoms with Gasteiger partial charge in [-0.2, -0.15) is 12.6 Å². The third-order valence-electron chi connectivity index (χ3n) is 1.35. The highest BCUT2D eigenvalue weighted by Crippen LogP contribution is 2.35. The molecule has 0 aromatic rings. The monoisotopic (exact) mass is 114 g/mol. The Morgan fingerprint density at radius 1 is 1.71 bits per heavy atom. The van der Waals surface area contributed by atoms with E-state index >= 15 is 0 Å². The maximum absolute atomic E-state index is 4.27. The fraction of sp³-hybridized carbons (Fsp3) is 0.667. The van der Waals surface area contributed by atoms with E-state index in [1.165, 1.54) is 12.8 Å². The molecule has 40 valence electrons. The molecule has 7 heavy (non-hydrogen) atoms. The minimum atomic E-state index is 0.472. The minimum absolute atomic E-state index is 0.472. The lowest BCUT2D eigenvalue weighted by molar-refractivity contribution is 0.889. The third-order valence-corrected chi connectivity index (χ3v) is 1.98. The van der Waals surface area contributed by atoms with Crippen molar-refractivity contribution in [3.63, 3.8) is 0 Å². The lowest BCUT2D eigenvalue weighted by atomic mass is 10.3. The van der Waals surface area contributed by atoms with Gasteiger partial charge in [0.15, 0.2) is 0 Å². The van der Waals surface area contributed by atoms with Crippen LogP contribution >= 0.6 is 12.6 Å². The molecule has 1 aliphatic carbocycles. The Labute approximate surface area is 50.0 Å². The van der Waals surface area contributed by atoms with Gasteiger partial charge in [-0.15, -0.1) is 6.58 Å². The van der Waals surface area contributed by atoms with Crippen molar-refractivity contribution in [2.75, 3.05) is 0 Å². The van der Waals surface area contributed by atoms with Gasteiger partial charge in [0.2, 0.25) is 0 Å². The highest BCUT2D eigenvalue weighted by atomic mass is 32.1. The molecule has 1 fully saturated rings. The number of hydrogen-bond acceptors (Lipinski definition) is 1. The molecule has 1 rings (SSSR count). The van der Waals surface area contributed by atoms with Gasteiger partial charge in [-0.05, 0) is 18.8 Å². The highest BCUT2D eigenvalue weighted by Gasteiger charge is 2.26. The molecular weight excluding hydrogens is 104 g/mol. The quantitative estimate of drug-likeness (QED) is 0.411. The van der Waals surface area contributed by atoms with E-state index in [0.29, 0.717) is 5.25 Å². The van der Waals surface area contributed by atoms with Crippen molar-refractivity contribution < 1.29 is 0 Å². The van der Waals surface area contributed by atoms with E-state index in [0.717, 1.165) is 5.92 Å². The minimum Gasteiger partial charge on any atom is -0.171 e. The molecule has 0 spiro atoms. The van der Waals surface area contributed by atoms with Crippen molar-refractivity contribution in [3.8, 4) is 0 Å². The van der Waals surface area contributed by atoms with Crippen LogP contribution in [-0.4, -0.2) is 5.25 Å². The molecule has 0 N–H and O–H groups in total. The second kappa shape index (κ2) is 1.91. The molecule has 1 atom stereocenters. The lowest BCUT2D eigenvalue weighted by Gasteiger charge is -1.96. The Hall–Kier alpha value is 0.0900. The van der Waals surface area contributed by atoms with Crippen molar-refractivity contribution in [2.24, 2.45) is 5.92 Å². The van der Waals surface area contributed by atoms with Crippen molar-refractivity contribution in [1.29, 1.82) is 0 Å². The first kappa shape index (κ1) is 5.23. The number of thiol groups is 1. The van der Waals surface area contributed by atoms with E-state index in [9.17, 15) is 0 Å². The summed E-state index contributed by atoms with van der Waals surface area (Å²) in [6, 6.07) is 0. The molecule has 0 bridgehead atoms. The average Bonchev–Trinajstić information content (AvgIpc) is 2.44. The fourth-order valence-electron chi connectivity index (χ4n) is 0.630. The van der Waals surface area contributed by atoms with E-state index in [1.54, 1.807) is 0 Å². The van der Waals surface area contributed by atoms with E-state index in [-0.39, 0.29) is 0 Å². The largest absolute Gasteiger partial charge is 0.171 e. The topological polar surface area (TPSA) is 0 Å². The summed E-state index contributed by atoms with van der Waals surface area (Å²) in [5, 5.41) is 0.472. The van der Waals surface area contributed by atoms with Crippen LogP contribution < -0.4 is 0 Å². The summed E-state index contributed by atoms with van der Waals surface area (Å²) in [5.41, 5.74) is 0. The summed E-state index contributed by atoms with van der Waals surface area (Å²) in [4.78, 5) is 0. The van der Waals surface area contributed by atoms with Gasteiger partial charge in [0, 0.05) is 5.25 Å². The molecule has 0 radical (unpaired) electrons. The summed E-state index contributed by atoms with van der Waals surface area (Å²) in [7, 11) is 0. The van der Waals surface area contributed by atoms with Crippen LogP contribution in [0.25, 0.3) is 0 Å². The Kier molecular flexibility index (Phi) is 1.43. The van der Waals surface area contributed by atoms with Crippen LogP contribution in [0.1, 0.15) is 12.8 Å². The second-order valence-corrected chi connectivity index (χ2v) is 2.66. The maximum Gasteiger partial charge on any atom is 0.0222 e. The molecule has 1 heteroatoms.